The number of nitrogens with one attached hydrogen (secondary N) is 3. The largest absolute Gasteiger partial charge is 0.480 e. The number of aliphatic carboxylic acids is 1. The van der Waals surface area contributed by atoms with E-state index in [1.165, 1.54) is 0 Å². The van der Waals surface area contributed by atoms with Gasteiger partial charge in [0.1, 0.15) is 11.7 Å². The Bertz CT molecular complexity index is 531. The Morgan fingerprint density at radius 1 is 1.39 bits per heavy atom. The van der Waals surface area contributed by atoms with Gasteiger partial charge < -0.3 is 15.4 Å². The van der Waals surface area contributed by atoms with Crippen molar-refractivity contribution in [2.24, 2.45) is 0 Å². The highest BCUT2D eigenvalue weighted by Gasteiger charge is 2.20. The molecule has 1 unspecified atom stereocenters. The summed E-state index contributed by atoms with van der Waals surface area (Å²) in [4.78, 5) is 48.4. The summed E-state index contributed by atoms with van der Waals surface area (Å²) >= 11 is 0. The zero-order chi connectivity index (χ0) is 13.7. The van der Waals surface area contributed by atoms with Gasteiger partial charge in [0.15, 0.2) is 0 Å². The van der Waals surface area contributed by atoms with Crippen LogP contribution >= 0.6 is 0 Å². The first kappa shape index (κ1) is 13.7. The summed E-state index contributed by atoms with van der Waals surface area (Å²) in [6.07, 6.45) is 0.831. The SMILES string of the molecule is CCCC(NC(=O)c1cc(=O)[nH]c(=O)[nH]1)C(=O)O. The van der Waals surface area contributed by atoms with Crippen LogP contribution in [-0.2, 0) is 4.79 Å². The molecule has 0 saturated carbocycles. The lowest BCUT2D eigenvalue weighted by Gasteiger charge is -2.12. The zero-order valence-corrected chi connectivity index (χ0v) is 9.65. The van der Waals surface area contributed by atoms with Gasteiger partial charge in [-0.15, -0.1) is 0 Å². The molecule has 4 N–H and O–H groups in total. The lowest BCUT2D eigenvalue weighted by molar-refractivity contribution is -0.139. The maximum absolute atomic E-state index is 11.6. The maximum atomic E-state index is 11.6. The van der Waals surface area contributed by atoms with Crippen LogP contribution in [0.15, 0.2) is 15.7 Å². The number of carboxylic acid groups (broad SMARTS) is 1. The Balaban J connectivity index is 2.90. The molecule has 0 spiro atoms. The number of carboxylic acids is 1. The van der Waals surface area contributed by atoms with Gasteiger partial charge in [-0.2, -0.15) is 0 Å². The third-order valence-corrected chi connectivity index (χ3v) is 2.19. The number of carbonyl (C=O) groups is 2. The molecule has 0 aromatic carbocycles. The number of hydrogen-bond donors (Lipinski definition) is 4. The second-order valence-corrected chi connectivity index (χ2v) is 3.65. The molecular formula is C10H13N3O5. The Hall–Kier alpha value is -2.38. The fraction of sp³-hybridized carbons (Fsp3) is 0.400. The van der Waals surface area contributed by atoms with Crippen LogP contribution in [0.1, 0.15) is 30.3 Å². The van der Waals surface area contributed by atoms with Crippen LogP contribution < -0.4 is 16.6 Å². The van der Waals surface area contributed by atoms with E-state index in [-0.39, 0.29) is 12.1 Å². The standard InChI is InChI=1S/C10H13N3O5/c1-2-3-5(9(16)17)11-8(15)6-4-7(14)13-10(18)12-6/h4-5H,2-3H2,1H3,(H,11,15)(H,16,17)(H2,12,13,14,18). The van der Waals surface area contributed by atoms with Crippen molar-refractivity contribution in [3.05, 3.63) is 32.6 Å². The number of hydrogen-bond acceptors (Lipinski definition) is 4. The molecule has 1 aromatic heterocycles. The molecule has 0 fully saturated rings. The summed E-state index contributed by atoms with van der Waals surface area (Å²) in [5.41, 5.74) is -1.83. The number of rotatable bonds is 5. The van der Waals surface area contributed by atoms with Gasteiger partial charge >= 0.3 is 11.7 Å². The number of aromatic nitrogens is 2. The van der Waals surface area contributed by atoms with E-state index in [1.807, 2.05) is 4.98 Å². The predicted molar refractivity (Wildman–Crippen MR) is 61.5 cm³/mol. The molecule has 98 valence electrons. The van der Waals surface area contributed by atoms with Crippen molar-refractivity contribution in [1.29, 1.82) is 0 Å². The van der Waals surface area contributed by atoms with E-state index < -0.39 is 29.2 Å². The monoisotopic (exact) mass is 255 g/mol. The van der Waals surface area contributed by atoms with Crippen LogP contribution in [-0.4, -0.2) is 33.0 Å². The number of amides is 1. The quantitative estimate of drug-likeness (QED) is 0.538. The first-order chi connectivity index (χ1) is 8.43. The minimum Gasteiger partial charge on any atom is -0.480 e. The summed E-state index contributed by atoms with van der Waals surface area (Å²) in [5, 5.41) is 11.1. The molecular weight excluding hydrogens is 242 g/mol. The highest BCUT2D eigenvalue weighted by molar-refractivity contribution is 5.94. The Labute approximate surface area is 101 Å². The minimum absolute atomic E-state index is 0.258. The summed E-state index contributed by atoms with van der Waals surface area (Å²) < 4.78 is 0. The van der Waals surface area contributed by atoms with E-state index in [9.17, 15) is 19.2 Å². The highest BCUT2D eigenvalue weighted by atomic mass is 16.4. The smallest absolute Gasteiger partial charge is 0.326 e. The first-order valence-electron chi connectivity index (χ1n) is 5.31. The lowest BCUT2D eigenvalue weighted by Crippen LogP contribution is -2.42. The molecule has 0 aliphatic carbocycles. The Kier molecular flexibility index (Phi) is 4.41. The molecule has 1 rings (SSSR count). The average Bonchev–Trinajstić information content (AvgIpc) is 2.26. The number of aromatic amines is 2. The van der Waals surface area contributed by atoms with Crippen molar-refractivity contribution in [3.8, 4) is 0 Å². The number of H-pyrrole nitrogens is 2. The van der Waals surface area contributed by atoms with E-state index in [0.29, 0.717) is 6.42 Å². The van der Waals surface area contributed by atoms with E-state index in [0.717, 1.165) is 6.07 Å². The molecule has 8 nitrogen and oxygen atoms in total. The van der Waals surface area contributed by atoms with Crippen LogP contribution in [0.4, 0.5) is 0 Å². The highest BCUT2D eigenvalue weighted by Crippen LogP contribution is 1.98. The molecule has 0 radical (unpaired) electrons. The summed E-state index contributed by atoms with van der Waals surface area (Å²) in [7, 11) is 0. The van der Waals surface area contributed by atoms with E-state index >= 15 is 0 Å². The molecule has 0 aliphatic heterocycles. The molecule has 0 bridgehead atoms. The van der Waals surface area contributed by atoms with Crippen molar-refractivity contribution in [3.63, 3.8) is 0 Å². The van der Waals surface area contributed by atoms with Crippen LogP contribution in [0, 0.1) is 0 Å². The van der Waals surface area contributed by atoms with Crippen molar-refractivity contribution in [2.45, 2.75) is 25.8 Å². The first-order valence-corrected chi connectivity index (χ1v) is 5.31. The lowest BCUT2D eigenvalue weighted by atomic mass is 10.1. The van der Waals surface area contributed by atoms with Crippen LogP contribution in [0.25, 0.3) is 0 Å². The molecule has 0 aliphatic rings. The van der Waals surface area contributed by atoms with Crippen LogP contribution in [0.5, 0.6) is 0 Å². The van der Waals surface area contributed by atoms with E-state index in [1.54, 1.807) is 6.92 Å². The third-order valence-electron chi connectivity index (χ3n) is 2.19. The molecule has 1 aromatic rings. The predicted octanol–water partition coefficient (Wildman–Crippen LogP) is -0.954. The van der Waals surface area contributed by atoms with Crippen LogP contribution in [0.2, 0.25) is 0 Å². The molecule has 1 amide bonds. The van der Waals surface area contributed by atoms with Gasteiger partial charge in [0.25, 0.3) is 11.5 Å². The van der Waals surface area contributed by atoms with Gasteiger partial charge in [0.05, 0.1) is 0 Å². The fourth-order valence-corrected chi connectivity index (χ4v) is 1.37. The van der Waals surface area contributed by atoms with Crippen molar-refractivity contribution < 1.29 is 14.7 Å². The second-order valence-electron chi connectivity index (χ2n) is 3.65. The molecule has 1 heterocycles. The van der Waals surface area contributed by atoms with Gasteiger partial charge in [-0.05, 0) is 6.42 Å². The molecule has 1 atom stereocenters. The normalized spacial score (nSPS) is 11.8. The summed E-state index contributed by atoms with van der Waals surface area (Å²) in [5.74, 6) is -1.98. The molecule has 8 heteroatoms. The average molecular weight is 255 g/mol. The minimum atomic E-state index is -1.17. The van der Waals surface area contributed by atoms with Crippen molar-refractivity contribution in [1.82, 2.24) is 15.3 Å². The topological polar surface area (TPSA) is 132 Å². The van der Waals surface area contributed by atoms with E-state index in [2.05, 4.69) is 10.3 Å². The van der Waals surface area contributed by atoms with Crippen LogP contribution in [0.3, 0.4) is 0 Å². The second kappa shape index (κ2) is 5.80. The van der Waals surface area contributed by atoms with Gasteiger partial charge in [0.2, 0.25) is 0 Å². The van der Waals surface area contributed by atoms with Crippen molar-refractivity contribution >= 4 is 11.9 Å². The summed E-state index contributed by atoms with van der Waals surface area (Å²) in [6.45, 7) is 1.77. The Morgan fingerprint density at radius 2 is 2.06 bits per heavy atom. The number of carbonyl (C=O) groups excluding carboxylic acids is 1. The molecule has 0 saturated heterocycles. The molecule has 18 heavy (non-hydrogen) atoms. The summed E-state index contributed by atoms with van der Waals surface area (Å²) in [6, 6.07) is -0.160. The zero-order valence-electron chi connectivity index (χ0n) is 9.65. The Morgan fingerprint density at radius 3 is 2.56 bits per heavy atom. The van der Waals surface area contributed by atoms with Gasteiger partial charge in [0, 0.05) is 6.07 Å². The van der Waals surface area contributed by atoms with E-state index in [4.69, 9.17) is 5.11 Å². The maximum Gasteiger partial charge on any atom is 0.326 e. The fourth-order valence-electron chi connectivity index (χ4n) is 1.37. The van der Waals surface area contributed by atoms with Gasteiger partial charge in [-0.1, -0.05) is 13.3 Å². The third kappa shape index (κ3) is 3.58. The van der Waals surface area contributed by atoms with Gasteiger partial charge in [-0.25, -0.2) is 9.59 Å². The van der Waals surface area contributed by atoms with Gasteiger partial charge in [-0.3, -0.25) is 14.6 Å². The van der Waals surface area contributed by atoms with Crippen molar-refractivity contribution in [2.75, 3.05) is 0 Å².